The molecular formula is C26H33N5O2. The average molecular weight is 448 g/mol. The van der Waals surface area contributed by atoms with Crippen molar-refractivity contribution in [2.75, 3.05) is 31.6 Å². The zero-order valence-corrected chi connectivity index (χ0v) is 20.0. The van der Waals surface area contributed by atoms with E-state index in [-0.39, 0.29) is 11.9 Å². The molecule has 3 aromatic rings. The molecule has 2 aliphatic heterocycles. The lowest BCUT2D eigenvalue weighted by Crippen LogP contribution is -2.39. The third-order valence-corrected chi connectivity index (χ3v) is 7.12. The summed E-state index contributed by atoms with van der Waals surface area (Å²) in [7, 11) is 1.64. The van der Waals surface area contributed by atoms with Gasteiger partial charge in [0, 0.05) is 43.0 Å². The molecule has 0 unspecified atom stereocenters. The predicted octanol–water partition coefficient (Wildman–Crippen LogP) is 4.57. The number of piperidine rings is 1. The van der Waals surface area contributed by atoms with Crippen LogP contribution in [0.1, 0.15) is 65.8 Å². The van der Waals surface area contributed by atoms with Crippen molar-refractivity contribution in [2.24, 2.45) is 5.92 Å². The van der Waals surface area contributed by atoms with E-state index in [1.54, 1.807) is 7.11 Å². The number of nitrogens with zero attached hydrogens (tertiary/aromatic N) is 5. The lowest BCUT2D eigenvalue weighted by molar-refractivity contribution is 0.0605. The number of benzene rings is 1. The van der Waals surface area contributed by atoms with Crippen LogP contribution in [0.15, 0.2) is 30.5 Å². The van der Waals surface area contributed by atoms with E-state index in [0.717, 1.165) is 78.5 Å². The Balaban J connectivity index is 1.46. The average Bonchev–Trinajstić information content (AvgIpc) is 3.43. The van der Waals surface area contributed by atoms with Crippen LogP contribution < -0.4 is 9.64 Å². The Kier molecular flexibility index (Phi) is 5.72. The Hall–Kier alpha value is -3.09. The van der Waals surface area contributed by atoms with Crippen molar-refractivity contribution < 1.29 is 9.53 Å². The molecule has 2 saturated heterocycles. The summed E-state index contributed by atoms with van der Waals surface area (Å²) in [5, 5.41) is 4.88. The molecular weight excluding hydrogens is 414 g/mol. The number of aromatic nitrogens is 3. The first-order valence-corrected chi connectivity index (χ1v) is 12.0. The van der Waals surface area contributed by atoms with Gasteiger partial charge >= 0.3 is 0 Å². The van der Waals surface area contributed by atoms with Gasteiger partial charge in [-0.3, -0.25) is 4.79 Å². The molecule has 7 nitrogen and oxygen atoms in total. The van der Waals surface area contributed by atoms with E-state index in [0.29, 0.717) is 5.92 Å². The number of hydrogen-bond acceptors (Lipinski definition) is 5. The van der Waals surface area contributed by atoms with E-state index in [4.69, 9.17) is 14.8 Å². The monoisotopic (exact) mass is 447 g/mol. The summed E-state index contributed by atoms with van der Waals surface area (Å²) in [5.41, 5.74) is 4.57. The van der Waals surface area contributed by atoms with Gasteiger partial charge in [0.15, 0.2) is 5.65 Å². The van der Waals surface area contributed by atoms with Crippen molar-refractivity contribution in [3.05, 3.63) is 52.8 Å². The highest BCUT2D eigenvalue weighted by Gasteiger charge is 2.31. The van der Waals surface area contributed by atoms with E-state index >= 15 is 0 Å². The lowest BCUT2D eigenvalue weighted by atomic mass is 9.97. The molecule has 33 heavy (non-hydrogen) atoms. The largest absolute Gasteiger partial charge is 0.497 e. The van der Waals surface area contributed by atoms with Gasteiger partial charge in [0.1, 0.15) is 11.6 Å². The Morgan fingerprint density at radius 3 is 2.67 bits per heavy atom. The van der Waals surface area contributed by atoms with Crippen LogP contribution in [0.3, 0.4) is 0 Å². The number of amides is 1. The predicted molar refractivity (Wildman–Crippen MR) is 129 cm³/mol. The fourth-order valence-electron chi connectivity index (χ4n) is 5.27. The number of fused-ring (bicyclic) bond motifs is 1. The van der Waals surface area contributed by atoms with E-state index in [1.807, 2.05) is 34.5 Å². The minimum atomic E-state index is -0.0370. The maximum Gasteiger partial charge on any atom is 0.254 e. The van der Waals surface area contributed by atoms with Gasteiger partial charge in [0.25, 0.3) is 5.91 Å². The third-order valence-electron chi connectivity index (χ3n) is 7.12. The first kappa shape index (κ1) is 21.7. The van der Waals surface area contributed by atoms with E-state index in [9.17, 15) is 4.79 Å². The van der Waals surface area contributed by atoms with Crippen molar-refractivity contribution >= 4 is 17.4 Å². The summed E-state index contributed by atoms with van der Waals surface area (Å²) in [6.07, 6.45) is 6.31. The van der Waals surface area contributed by atoms with Crippen molar-refractivity contribution in [1.29, 1.82) is 0 Å². The molecule has 0 aliphatic carbocycles. The van der Waals surface area contributed by atoms with Gasteiger partial charge in [0.2, 0.25) is 0 Å². The lowest BCUT2D eigenvalue weighted by Gasteiger charge is -2.35. The van der Waals surface area contributed by atoms with Crippen LogP contribution in [0.5, 0.6) is 5.75 Å². The van der Waals surface area contributed by atoms with Crippen LogP contribution in [0.25, 0.3) is 5.65 Å². The number of carbonyl (C=O) groups is 1. The topological polar surface area (TPSA) is 63.0 Å². The standard InChI is InChI=1S/C26H33N5O2/c1-17-10-12-29(15-17)25-19(3)16-31-24(27-25)14-22(28-31)23-7-5-6-11-30(23)26(32)21-9-8-20(33-4)13-18(21)2/h8-9,13-14,16-17,23H,5-7,10-12,15H2,1-4H3/t17-,23-/m0/s1. The number of rotatable bonds is 4. The molecule has 174 valence electrons. The van der Waals surface area contributed by atoms with E-state index in [1.165, 1.54) is 6.42 Å². The molecule has 0 N–H and O–H groups in total. The van der Waals surface area contributed by atoms with Crippen LogP contribution in [-0.2, 0) is 0 Å². The second-order valence-corrected chi connectivity index (χ2v) is 9.65. The van der Waals surface area contributed by atoms with Crippen LogP contribution >= 0.6 is 0 Å². The van der Waals surface area contributed by atoms with Crippen LogP contribution in [0.2, 0.25) is 0 Å². The Morgan fingerprint density at radius 1 is 1.09 bits per heavy atom. The van der Waals surface area contributed by atoms with E-state index < -0.39 is 0 Å². The second kappa shape index (κ2) is 8.69. The highest BCUT2D eigenvalue weighted by atomic mass is 16.5. The molecule has 5 rings (SSSR count). The minimum Gasteiger partial charge on any atom is -0.497 e. The van der Waals surface area contributed by atoms with Crippen molar-refractivity contribution in [1.82, 2.24) is 19.5 Å². The first-order chi connectivity index (χ1) is 15.9. The quantitative estimate of drug-likeness (QED) is 0.586. The molecule has 4 heterocycles. The van der Waals surface area contributed by atoms with Crippen molar-refractivity contribution in [2.45, 2.75) is 52.5 Å². The fraction of sp³-hybridized carbons (Fsp3) is 0.500. The molecule has 2 aromatic heterocycles. The highest BCUT2D eigenvalue weighted by Crippen LogP contribution is 2.33. The van der Waals surface area contributed by atoms with Crippen LogP contribution in [-0.4, -0.2) is 52.1 Å². The summed E-state index contributed by atoms with van der Waals surface area (Å²) in [6.45, 7) is 9.22. The molecule has 1 aromatic carbocycles. The number of anilines is 1. The molecule has 0 saturated carbocycles. The zero-order chi connectivity index (χ0) is 23.1. The van der Waals surface area contributed by atoms with Gasteiger partial charge in [0.05, 0.1) is 18.8 Å². The summed E-state index contributed by atoms with van der Waals surface area (Å²) in [6, 6.07) is 7.69. The molecule has 2 fully saturated rings. The molecule has 1 amide bonds. The fourth-order valence-corrected chi connectivity index (χ4v) is 5.27. The summed E-state index contributed by atoms with van der Waals surface area (Å²) >= 11 is 0. The first-order valence-electron chi connectivity index (χ1n) is 12.0. The third kappa shape index (κ3) is 4.05. The number of likely N-dealkylation sites (tertiary alicyclic amines) is 1. The van der Waals surface area contributed by atoms with Crippen molar-refractivity contribution in [3.63, 3.8) is 0 Å². The van der Waals surface area contributed by atoms with Gasteiger partial charge in [-0.25, -0.2) is 9.50 Å². The summed E-state index contributed by atoms with van der Waals surface area (Å²) in [4.78, 5) is 22.9. The number of hydrogen-bond donors (Lipinski definition) is 0. The van der Waals surface area contributed by atoms with Gasteiger partial charge in [-0.1, -0.05) is 6.92 Å². The van der Waals surface area contributed by atoms with Crippen molar-refractivity contribution in [3.8, 4) is 5.75 Å². The Morgan fingerprint density at radius 2 is 1.94 bits per heavy atom. The van der Waals surface area contributed by atoms with Crippen LogP contribution in [0.4, 0.5) is 5.82 Å². The minimum absolute atomic E-state index is 0.0370. The molecule has 0 bridgehead atoms. The smallest absolute Gasteiger partial charge is 0.254 e. The van der Waals surface area contributed by atoms with Gasteiger partial charge < -0.3 is 14.5 Å². The van der Waals surface area contributed by atoms with Gasteiger partial charge in [-0.2, -0.15) is 5.10 Å². The molecule has 7 heteroatoms. The summed E-state index contributed by atoms with van der Waals surface area (Å²) in [5.74, 6) is 2.59. The van der Waals surface area contributed by atoms with E-state index in [2.05, 4.69) is 31.0 Å². The van der Waals surface area contributed by atoms with Gasteiger partial charge in [-0.05, 0) is 69.2 Å². The summed E-state index contributed by atoms with van der Waals surface area (Å²) < 4.78 is 7.19. The number of aryl methyl sites for hydroxylation is 2. The Labute approximate surface area is 195 Å². The number of ether oxygens (including phenoxy) is 1. The molecule has 2 atom stereocenters. The maximum atomic E-state index is 13.6. The second-order valence-electron chi connectivity index (χ2n) is 9.65. The normalized spacial score (nSPS) is 21.1. The van der Waals surface area contributed by atoms with Gasteiger partial charge in [-0.15, -0.1) is 0 Å². The van der Waals surface area contributed by atoms with Crippen LogP contribution in [0, 0.1) is 19.8 Å². The number of methoxy groups -OCH3 is 1. The highest BCUT2D eigenvalue weighted by molar-refractivity contribution is 5.96. The molecule has 2 aliphatic rings. The molecule has 0 spiro atoms. The Bertz CT molecular complexity index is 1190. The SMILES string of the molecule is COc1ccc(C(=O)N2CCCC[C@H]2c2cc3nc(N4CC[C@H](C)C4)c(C)cn3n2)c(C)c1. The molecule has 0 radical (unpaired) electrons. The number of carbonyl (C=O) groups excluding carboxylic acids is 1. The maximum absolute atomic E-state index is 13.6. The zero-order valence-electron chi connectivity index (χ0n) is 20.0.